The first kappa shape index (κ1) is 10.1. The molecule has 1 aromatic carbocycles. The molecule has 2 heterocycles. The molecule has 2 N–H and O–H groups in total. The lowest BCUT2D eigenvalue weighted by Gasteiger charge is -2.01. The van der Waals surface area contributed by atoms with Crippen LogP contribution in [0.25, 0.3) is 16.3 Å². The van der Waals surface area contributed by atoms with Gasteiger partial charge in [-0.3, -0.25) is 4.40 Å². The third-order valence-electron chi connectivity index (χ3n) is 3.43. The lowest BCUT2D eigenvalue weighted by atomic mass is 10.2. The Hall–Kier alpha value is -1.88. The first-order chi connectivity index (χ1) is 8.83. The maximum Gasteiger partial charge on any atom is 0.216 e. The monoisotopic (exact) mass is 256 g/mol. The zero-order valence-corrected chi connectivity index (χ0v) is 10.6. The Labute approximate surface area is 108 Å². The van der Waals surface area contributed by atoms with E-state index in [0.29, 0.717) is 0 Å². The third kappa shape index (κ3) is 1.31. The molecule has 3 aromatic rings. The second-order valence-electron chi connectivity index (χ2n) is 4.59. The molecule has 2 aromatic heterocycles. The van der Waals surface area contributed by atoms with Gasteiger partial charge in [-0.2, -0.15) is 0 Å². The summed E-state index contributed by atoms with van der Waals surface area (Å²) >= 11 is 1.77. The Kier molecular flexibility index (Phi) is 1.99. The number of nitrogens with zero attached hydrogens (tertiary/aromatic N) is 3. The first-order valence-corrected chi connectivity index (χ1v) is 6.86. The van der Waals surface area contributed by atoms with Gasteiger partial charge < -0.3 is 5.73 Å². The lowest BCUT2D eigenvalue weighted by molar-refractivity contribution is 0.888. The normalized spacial score (nSPS) is 14.2. The van der Waals surface area contributed by atoms with Crippen molar-refractivity contribution >= 4 is 22.0 Å². The molecule has 0 spiro atoms. The van der Waals surface area contributed by atoms with Crippen LogP contribution in [0.3, 0.4) is 0 Å². The predicted molar refractivity (Wildman–Crippen MR) is 72.7 cm³/mol. The van der Waals surface area contributed by atoms with Crippen LogP contribution in [0.2, 0.25) is 0 Å². The second kappa shape index (κ2) is 3.55. The molecule has 4 rings (SSSR count). The van der Waals surface area contributed by atoms with E-state index >= 15 is 0 Å². The molecule has 0 amide bonds. The van der Waals surface area contributed by atoms with E-state index in [1.807, 2.05) is 24.3 Å². The molecule has 0 radical (unpaired) electrons. The molecule has 0 aliphatic heterocycles. The Morgan fingerprint density at radius 3 is 2.78 bits per heavy atom. The lowest BCUT2D eigenvalue weighted by Crippen LogP contribution is -1.93. The van der Waals surface area contributed by atoms with Gasteiger partial charge in [-0.05, 0) is 43.5 Å². The minimum atomic E-state index is 0.773. The maximum atomic E-state index is 5.72. The molecule has 0 unspecified atom stereocenters. The van der Waals surface area contributed by atoms with E-state index in [9.17, 15) is 0 Å². The van der Waals surface area contributed by atoms with Crippen molar-refractivity contribution in [3.8, 4) is 11.4 Å². The highest BCUT2D eigenvalue weighted by Crippen LogP contribution is 2.33. The van der Waals surface area contributed by atoms with Crippen LogP contribution in [0.15, 0.2) is 24.3 Å². The summed E-state index contributed by atoms with van der Waals surface area (Å²) in [7, 11) is 0. The number of nitrogens with two attached hydrogens (primary N) is 1. The predicted octanol–water partition coefficient (Wildman–Crippen LogP) is 2.53. The van der Waals surface area contributed by atoms with E-state index in [1.54, 1.807) is 11.3 Å². The Morgan fingerprint density at radius 1 is 1.11 bits per heavy atom. The van der Waals surface area contributed by atoms with Crippen molar-refractivity contribution in [1.82, 2.24) is 14.6 Å². The SMILES string of the molecule is Nc1ccc(-c2nnc3sc4c(n23)CCC4)cc1. The van der Waals surface area contributed by atoms with Crippen molar-refractivity contribution in [2.75, 3.05) is 5.73 Å². The smallest absolute Gasteiger partial charge is 0.216 e. The zero-order chi connectivity index (χ0) is 12.1. The van der Waals surface area contributed by atoms with Gasteiger partial charge in [-0.25, -0.2) is 0 Å². The highest BCUT2D eigenvalue weighted by molar-refractivity contribution is 7.17. The molecular formula is C13H12N4S. The fourth-order valence-corrected chi connectivity index (χ4v) is 3.70. The largest absolute Gasteiger partial charge is 0.399 e. The average molecular weight is 256 g/mol. The number of aryl methyl sites for hydroxylation is 2. The standard InChI is InChI=1S/C13H12N4S/c14-9-6-4-8(5-7-9)12-15-16-13-17(12)10-2-1-3-11(10)18-13/h4-7H,1-3,14H2. The Morgan fingerprint density at radius 2 is 1.94 bits per heavy atom. The minimum absolute atomic E-state index is 0.773. The number of hydrogen-bond donors (Lipinski definition) is 1. The Bertz CT molecular complexity index is 723. The summed E-state index contributed by atoms with van der Waals surface area (Å²) < 4.78 is 2.21. The van der Waals surface area contributed by atoms with Crippen LogP contribution in [0, 0.1) is 0 Å². The Balaban J connectivity index is 1.97. The number of rotatable bonds is 1. The summed E-state index contributed by atoms with van der Waals surface area (Å²) in [6.07, 6.45) is 3.57. The first-order valence-electron chi connectivity index (χ1n) is 6.04. The third-order valence-corrected chi connectivity index (χ3v) is 4.56. The van der Waals surface area contributed by atoms with Gasteiger partial charge in [0.05, 0.1) is 0 Å². The van der Waals surface area contributed by atoms with Crippen LogP contribution in [0.1, 0.15) is 17.0 Å². The number of thiazole rings is 1. The minimum Gasteiger partial charge on any atom is -0.399 e. The van der Waals surface area contributed by atoms with Crippen LogP contribution < -0.4 is 5.73 Å². The van der Waals surface area contributed by atoms with Crippen LogP contribution in [0.5, 0.6) is 0 Å². The molecule has 90 valence electrons. The van der Waals surface area contributed by atoms with Gasteiger partial charge in [0.1, 0.15) is 0 Å². The van der Waals surface area contributed by atoms with E-state index in [2.05, 4.69) is 14.6 Å². The van der Waals surface area contributed by atoms with Gasteiger partial charge in [0.25, 0.3) is 0 Å². The summed E-state index contributed by atoms with van der Waals surface area (Å²) in [5.41, 5.74) is 8.96. The molecule has 0 saturated heterocycles. The van der Waals surface area contributed by atoms with E-state index < -0.39 is 0 Å². The van der Waals surface area contributed by atoms with Gasteiger partial charge in [-0.1, -0.05) is 11.3 Å². The van der Waals surface area contributed by atoms with E-state index in [4.69, 9.17) is 5.73 Å². The number of aromatic nitrogens is 3. The van der Waals surface area contributed by atoms with Gasteiger partial charge >= 0.3 is 0 Å². The molecule has 4 nitrogen and oxygen atoms in total. The van der Waals surface area contributed by atoms with Gasteiger partial charge in [0.2, 0.25) is 4.96 Å². The summed E-state index contributed by atoms with van der Waals surface area (Å²) in [6.45, 7) is 0. The number of benzene rings is 1. The molecule has 1 aliphatic carbocycles. The molecule has 0 atom stereocenters. The van der Waals surface area contributed by atoms with Crippen molar-refractivity contribution in [3.05, 3.63) is 34.8 Å². The molecule has 18 heavy (non-hydrogen) atoms. The molecular weight excluding hydrogens is 244 g/mol. The van der Waals surface area contributed by atoms with Crippen molar-refractivity contribution < 1.29 is 0 Å². The number of anilines is 1. The number of nitrogen functional groups attached to an aromatic ring is 1. The van der Waals surface area contributed by atoms with Crippen molar-refractivity contribution in [2.24, 2.45) is 0 Å². The maximum absolute atomic E-state index is 5.72. The number of hydrogen-bond acceptors (Lipinski definition) is 4. The van der Waals surface area contributed by atoms with Crippen LogP contribution >= 0.6 is 11.3 Å². The summed E-state index contributed by atoms with van der Waals surface area (Å²) in [4.78, 5) is 2.48. The molecule has 0 fully saturated rings. The van der Waals surface area contributed by atoms with Crippen molar-refractivity contribution in [3.63, 3.8) is 0 Å². The van der Waals surface area contributed by atoms with Crippen LogP contribution in [-0.2, 0) is 12.8 Å². The van der Waals surface area contributed by atoms with Gasteiger partial charge in [-0.15, -0.1) is 10.2 Å². The fraction of sp³-hybridized carbons (Fsp3) is 0.231. The van der Waals surface area contributed by atoms with Crippen molar-refractivity contribution in [2.45, 2.75) is 19.3 Å². The summed E-state index contributed by atoms with van der Waals surface area (Å²) in [5, 5.41) is 8.60. The van der Waals surface area contributed by atoms with E-state index in [0.717, 1.165) is 28.5 Å². The molecule has 1 aliphatic rings. The highest BCUT2D eigenvalue weighted by atomic mass is 32.1. The van der Waals surface area contributed by atoms with Crippen LogP contribution in [-0.4, -0.2) is 14.6 Å². The van der Waals surface area contributed by atoms with E-state index in [-0.39, 0.29) is 0 Å². The van der Waals surface area contributed by atoms with Gasteiger partial charge in [0.15, 0.2) is 5.82 Å². The van der Waals surface area contributed by atoms with E-state index in [1.165, 1.54) is 23.4 Å². The topological polar surface area (TPSA) is 56.2 Å². The quantitative estimate of drug-likeness (QED) is 0.681. The second-order valence-corrected chi connectivity index (χ2v) is 5.65. The number of fused-ring (bicyclic) bond motifs is 3. The van der Waals surface area contributed by atoms with Gasteiger partial charge in [0, 0.05) is 21.8 Å². The molecule has 5 heteroatoms. The van der Waals surface area contributed by atoms with Crippen LogP contribution in [0.4, 0.5) is 5.69 Å². The summed E-state index contributed by atoms with van der Waals surface area (Å²) in [6, 6.07) is 7.82. The molecule has 0 saturated carbocycles. The average Bonchev–Trinajstić information content (AvgIpc) is 3.01. The van der Waals surface area contributed by atoms with Crippen molar-refractivity contribution in [1.29, 1.82) is 0 Å². The highest BCUT2D eigenvalue weighted by Gasteiger charge is 2.21. The molecule has 0 bridgehead atoms. The summed E-state index contributed by atoms with van der Waals surface area (Å²) in [5.74, 6) is 0.935. The zero-order valence-electron chi connectivity index (χ0n) is 9.76. The fourth-order valence-electron chi connectivity index (χ4n) is 2.56.